The van der Waals surface area contributed by atoms with Gasteiger partial charge >= 0.3 is 0 Å². The third-order valence-electron chi connectivity index (χ3n) is 5.41. The average molecular weight is 238 g/mol. The summed E-state index contributed by atoms with van der Waals surface area (Å²) in [7, 11) is 0. The van der Waals surface area contributed by atoms with Gasteiger partial charge in [0.25, 0.3) is 0 Å². The van der Waals surface area contributed by atoms with Crippen LogP contribution in [-0.2, 0) is 0 Å². The van der Waals surface area contributed by atoms with Crippen LogP contribution < -0.4 is 0 Å². The van der Waals surface area contributed by atoms with Crippen molar-refractivity contribution in [1.29, 1.82) is 0 Å². The standard InChI is InChI=1S/C16H30O/c1-12-9-13(2)11-14(10-12)16(17)7-5-15(3,4)6-8-16/h12-14,17H,5-11H2,1-4H3. The molecule has 0 radical (unpaired) electrons. The van der Waals surface area contributed by atoms with Gasteiger partial charge in [0.1, 0.15) is 0 Å². The second-order valence-electron chi connectivity index (χ2n) is 7.88. The molecule has 0 amide bonds. The molecule has 0 aliphatic heterocycles. The largest absolute Gasteiger partial charge is 0.390 e. The van der Waals surface area contributed by atoms with E-state index in [1.165, 1.54) is 32.1 Å². The Labute approximate surface area is 107 Å². The first kappa shape index (κ1) is 13.4. The summed E-state index contributed by atoms with van der Waals surface area (Å²) < 4.78 is 0. The number of aliphatic hydroxyl groups is 1. The van der Waals surface area contributed by atoms with Crippen LogP contribution in [0.15, 0.2) is 0 Å². The van der Waals surface area contributed by atoms with Crippen LogP contribution in [0, 0.1) is 23.2 Å². The fraction of sp³-hybridized carbons (Fsp3) is 1.00. The molecule has 0 spiro atoms. The lowest BCUT2D eigenvalue weighted by Crippen LogP contribution is -2.45. The summed E-state index contributed by atoms with van der Waals surface area (Å²) in [5.74, 6) is 2.18. The summed E-state index contributed by atoms with van der Waals surface area (Å²) in [4.78, 5) is 0. The van der Waals surface area contributed by atoms with Crippen molar-refractivity contribution >= 4 is 0 Å². The van der Waals surface area contributed by atoms with Gasteiger partial charge in [-0.05, 0) is 68.1 Å². The molecule has 2 atom stereocenters. The smallest absolute Gasteiger partial charge is 0.0676 e. The van der Waals surface area contributed by atoms with E-state index in [-0.39, 0.29) is 5.60 Å². The van der Waals surface area contributed by atoms with E-state index < -0.39 is 0 Å². The van der Waals surface area contributed by atoms with Crippen molar-refractivity contribution in [3.8, 4) is 0 Å². The molecule has 17 heavy (non-hydrogen) atoms. The second kappa shape index (κ2) is 4.57. The van der Waals surface area contributed by atoms with Gasteiger partial charge < -0.3 is 5.11 Å². The normalized spacial score (nSPS) is 41.1. The third kappa shape index (κ3) is 3.05. The molecule has 0 saturated heterocycles. The van der Waals surface area contributed by atoms with Gasteiger partial charge in [-0.25, -0.2) is 0 Å². The van der Waals surface area contributed by atoms with Gasteiger partial charge in [0.15, 0.2) is 0 Å². The van der Waals surface area contributed by atoms with Crippen molar-refractivity contribution in [3.05, 3.63) is 0 Å². The van der Waals surface area contributed by atoms with E-state index in [4.69, 9.17) is 0 Å². The highest BCUT2D eigenvalue weighted by molar-refractivity contribution is 4.96. The zero-order valence-electron chi connectivity index (χ0n) is 12.1. The molecule has 0 heterocycles. The van der Waals surface area contributed by atoms with E-state index in [1.54, 1.807) is 0 Å². The minimum Gasteiger partial charge on any atom is -0.390 e. The molecule has 0 aromatic carbocycles. The Morgan fingerprint density at radius 3 is 1.76 bits per heavy atom. The molecule has 2 aliphatic rings. The van der Waals surface area contributed by atoms with Gasteiger partial charge in [-0.15, -0.1) is 0 Å². The summed E-state index contributed by atoms with van der Waals surface area (Å²) in [5, 5.41) is 11.0. The van der Waals surface area contributed by atoms with Gasteiger partial charge in [0, 0.05) is 0 Å². The van der Waals surface area contributed by atoms with Crippen LogP contribution in [-0.4, -0.2) is 10.7 Å². The van der Waals surface area contributed by atoms with Crippen molar-refractivity contribution < 1.29 is 5.11 Å². The molecule has 100 valence electrons. The first-order valence-corrected chi connectivity index (χ1v) is 7.53. The van der Waals surface area contributed by atoms with Crippen LogP contribution >= 0.6 is 0 Å². The lowest BCUT2D eigenvalue weighted by Gasteiger charge is -2.48. The minimum absolute atomic E-state index is 0.335. The van der Waals surface area contributed by atoms with Crippen LogP contribution in [0.1, 0.15) is 72.6 Å². The van der Waals surface area contributed by atoms with E-state index in [1.807, 2.05) is 0 Å². The zero-order chi connectivity index (χ0) is 12.7. The quantitative estimate of drug-likeness (QED) is 0.718. The first-order chi connectivity index (χ1) is 7.81. The van der Waals surface area contributed by atoms with Gasteiger partial charge in [-0.3, -0.25) is 0 Å². The highest BCUT2D eigenvalue weighted by atomic mass is 16.3. The van der Waals surface area contributed by atoms with Crippen molar-refractivity contribution in [2.75, 3.05) is 0 Å². The Balaban J connectivity index is 2.01. The Bertz CT molecular complexity index is 249. The summed E-state index contributed by atoms with van der Waals surface area (Å²) in [6, 6.07) is 0. The predicted octanol–water partition coefficient (Wildman–Crippen LogP) is 4.39. The summed E-state index contributed by atoms with van der Waals surface area (Å²) in [5.41, 5.74) is 0.122. The summed E-state index contributed by atoms with van der Waals surface area (Å²) >= 11 is 0. The second-order valence-corrected chi connectivity index (χ2v) is 7.88. The topological polar surface area (TPSA) is 20.2 Å². The Morgan fingerprint density at radius 1 is 0.824 bits per heavy atom. The molecule has 2 rings (SSSR count). The van der Waals surface area contributed by atoms with Gasteiger partial charge in [-0.1, -0.05) is 27.7 Å². The molecule has 2 fully saturated rings. The molecule has 0 bridgehead atoms. The predicted molar refractivity (Wildman–Crippen MR) is 72.9 cm³/mol. The lowest BCUT2D eigenvalue weighted by molar-refractivity contribution is -0.0922. The highest BCUT2D eigenvalue weighted by Crippen LogP contribution is 2.48. The maximum atomic E-state index is 11.0. The highest BCUT2D eigenvalue weighted by Gasteiger charge is 2.44. The van der Waals surface area contributed by atoms with Crippen molar-refractivity contribution in [3.63, 3.8) is 0 Å². The number of rotatable bonds is 1. The number of hydrogen-bond acceptors (Lipinski definition) is 1. The zero-order valence-corrected chi connectivity index (χ0v) is 12.1. The Morgan fingerprint density at radius 2 is 1.29 bits per heavy atom. The monoisotopic (exact) mass is 238 g/mol. The molecule has 2 unspecified atom stereocenters. The fourth-order valence-corrected chi connectivity index (χ4v) is 4.15. The van der Waals surface area contributed by atoms with Crippen LogP contribution in [0.2, 0.25) is 0 Å². The van der Waals surface area contributed by atoms with E-state index in [2.05, 4.69) is 27.7 Å². The molecule has 2 aliphatic carbocycles. The molecule has 2 saturated carbocycles. The number of hydrogen-bond donors (Lipinski definition) is 1. The van der Waals surface area contributed by atoms with Crippen LogP contribution in [0.3, 0.4) is 0 Å². The van der Waals surface area contributed by atoms with E-state index >= 15 is 0 Å². The van der Waals surface area contributed by atoms with Crippen molar-refractivity contribution in [2.45, 2.75) is 78.2 Å². The minimum atomic E-state index is -0.335. The van der Waals surface area contributed by atoms with Crippen molar-refractivity contribution in [2.24, 2.45) is 23.2 Å². The fourth-order valence-electron chi connectivity index (χ4n) is 4.15. The molecule has 1 heteroatoms. The van der Waals surface area contributed by atoms with Crippen molar-refractivity contribution in [1.82, 2.24) is 0 Å². The summed E-state index contributed by atoms with van der Waals surface area (Å²) in [6.07, 6.45) is 8.32. The van der Waals surface area contributed by atoms with E-state index in [0.717, 1.165) is 24.7 Å². The molecule has 1 nitrogen and oxygen atoms in total. The van der Waals surface area contributed by atoms with Crippen LogP contribution in [0.25, 0.3) is 0 Å². The Kier molecular flexibility index (Phi) is 3.60. The lowest BCUT2D eigenvalue weighted by atomic mass is 9.61. The van der Waals surface area contributed by atoms with Crippen LogP contribution in [0.4, 0.5) is 0 Å². The van der Waals surface area contributed by atoms with E-state index in [9.17, 15) is 5.11 Å². The maximum Gasteiger partial charge on any atom is 0.0676 e. The SMILES string of the molecule is CC1CC(C)CC(C2(O)CCC(C)(C)CC2)C1. The molecule has 0 aromatic rings. The van der Waals surface area contributed by atoms with Gasteiger partial charge in [0.2, 0.25) is 0 Å². The summed E-state index contributed by atoms with van der Waals surface area (Å²) in [6.45, 7) is 9.41. The molecule has 1 N–H and O–H groups in total. The third-order valence-corrected chi connectivity index (χ3v) is 5.41. The maximum absolute atomic E-state index is 11.0. The van der Waals surface area contributed by atoms with Gasteiger partial charge in [-0.2, -0.15) is 0 Å². The van der Waals surface area contributed by atoms with Crippen LogP contribution in [0.5, 0.6) is 0 Å². The average Bonchev–Trinajstić information content (AvgIpc) is 2.22. The molecular weight excluding hydrogens is 208 g/mol. The van der Waals surface area contributed by atoms with Gasteiger partial charge in [0.05, 0.1) is 5.60 Å². The molecular formula is C16H30O. The Hall–Kier alpha value is -0.0400. The van der Waals surface area contributed by atoms with E-state index in [0.29, 0.717) is 11.3 Å². The molecule has 0 aromatic heterocycles. The first-order valence-electron chi connectivity index (χ1n) is 7.53.